The monoisotopic (exact) mass is 679 g/mol. The van der Waals surface area contributed by atoms with Gasteiger partial charge in [-0.2, -0.15) is 0 Å². The highest BCUT2D eigenvalue weighted by Crippen LogP contribution is 2.45. The van der Waals surface area contributed by atoms with E-state index in [0.717, 1.165) is 17.1 Å². The fourth-order valence-corrected chi connectivity index (χ4v) is 8.73. The van der Waals surface area contributed by atoms with E-state index in [9.17, 15) is 0 Å². The lowest BCUT2D eigenvalue weighted by molar-refractivity contribution is 1.30. The van der Waals surface area contributed by atoms with Gasteiger partial charge in [-0.05, 0) is 92.5 Å². The van der Waals surface area contributed by atoms with Crippen molar-refractivity contribution in [2.45, 2.75) is 0 Å². The normalized spacial score (nSPS) is 11.5. The van der Waals surface area contributed by atoms with E-state index in [1.54, 1.807) is 0 Å². The molecule has 1 heterocycles. The Balaban J connectivity index is 1.07. The van der Waals surface area contributed by atoms with Gasteiger partial charge in [-0.25, -0.2) is 0 Å². The molecule has 0 N–H and O–H groups in total. The highest BCUT2D eigenvalue weighted by atomic mass is 32.1. The van der Waals surface area contributed by atoms with Crippen molar-refractivity contribution in [1.29, 1.82) is 0 Å². The molecule has 0 aliphatic heterocycles. The third-order valence-corrected chi connectivity index (χ3v) is 11.4. The van der Waals surface area contributed by atoms with E-state index in [1.165, 1.54) is 75.1 Å². The molecule has 0 radical (unpaired) electrons. The van der Waals surface area contributed by atoms with Gasteiger partial charge in [-0.15, -0.1) is 11.3 Å². The first-order chi connectivity index (χ1) is 25.8. The maximum Gasteiger partial charge on any atom is 0.0540 e. The summed E-state index contributed by atoms with van der Waals surface area (Å²) < 4.78 is 2.64. The van der Waals surface area contributed by atoms with Crippen molar-refractivity contribution in [1.82, 2.24) is 0 Å². The van der Waals surface area contributed by atoms with Gasteiger partial charge in [-0.1, -0.05) is 152 Å². The molecule has 0 spiro atoms. The molecule has 0 unspecified atom stereocenters. The van der Waals surface area contributed by atoms with Crippen molar-refractivity contribution < 1.29 is 0 Å². The van der Waals surface area contributed by atoms with Crippen LogP contribution in [0.15, 0.2) is 200 Å². The van der Waals surface area contributed by atoms with E-state index < -0.39 is 0 Å². The minimum Gasteiger partial charge on any atom is -0.309 e. The van der Waals surface area contributed by atoms with Crippen LogP contribution >= 0.6 is 11.3 Å². The van der Waals surface area contributed by atoms with Gasteiger partial charge in [-0.3, -0.25) is 0 Å². The molecule has 0 aliphatic carbocycles. The van der Waals surface area contributed by atoms with E-state index >= 15 is 0 Å². The van der Waals surface area contributed by atoms with Crippen LogP contribution in [0, 0.1) is 0 Å². The number of para-hydroxylation sites is 1. The second kappa shape index (κ2) is 12.7. The molecular formula is C50H33NS. The predicted molar refractivity (Wildman–Crippen MR) is 225 cm³/mol. The maximum atomic E-state index is 2.43. The quantitative estimate of drug-likeness (QED) is 0.169. The summed E-state index contributed by atoms with van der Waals surface area (Å²) >= 11 is 1.86. The average Bonchev–Trinajstić information content (AvgIpc) is 3.59. The first kappa shape index (κ1) is 30.4. The lowest BCUT2D eigenvalue weighted by atomic mass is 9.97. The fourth-order valence-electron chi connectivity index (χ4n) is 7.64. The van der Waals surface area contributed by atoms with Gasteiger partial charge in [0.25, 0.3) is 0 Å². The maximum absolute atomic E-state index is 2.43. The van der Waals surface area contributed by atoms with Crippen LogP contribution in [0.5, 0.6) is 0 Å². The fraction of sp³-hybridized carbons (Fsp3) is 0. The predicted octanol–water partition coefficient (Wildman–Crippen LogP) is 14.8. The van der Waals surface area contributed by atoms with Gasteiger partial charge < -0.3 is 4.90 Å². The number of nitrogens with zero attached hydrogens (tertiary/aromatic N) is 1. The molecule has 0 amide bonds. The molecule has 0 aliphatic rings. The Morgan fingerprint density at radius 1 is 0.308 bits per heavy atom. The zero-order valence-electron chi connectivity index (χ0n) is 28.4. The number of hydrogen-bond donors (Lipinski definition) is 0. The summed E-state index contributed by atoms with van der Waals surface area (Å²) in [4.78, 5) is 2.43. The number of anilines is 3. The van der Waals surface area contributed by atoms with Crippen molar-refractivity contribution in [2.24, 2.45) is 0 Å². The van der Waals surface area contributed by atoms with Crippen molar-refractivity contribution in [3.8, 4) is 33.4 Å². The summed E-state index contributed by atoms with van der Waals surface area (Å²) in [6.45, 7) is 0. The van der Waals surface area contributed by atoms with Crippen molar-refractivity contribution in [3.05, 3.63) is 200 Å². The Hall–Kier alpha value is -6.48. The van der Waals surface area contributed by atoms with E-state index in [0.29, 0.717) is 0 Å². The summed E-state index contributed by atoms with van der Waals surface area (Å²) in [7, 11) is 0. The van der Waals surface area contributed by atoms with Crippen LogP contribution in [-0.4, -0.2) is 0 Å². The SMILES string of the molecule is c1ccc(N(c2ccc(-c3ccc(-c4ccc5ccccc5c4)cc3)cc2)c2cccc3ccccc23)c(-c2ccc3sc4ccccc4c3c2)c1. The van der Waals surface area contributed by atoms with E-state index in [4.69, 9.17) is 0 Å². The van der Waals surface area contributed by atoms with Gasteiger partial charge >= 0.3 is 0 Å². The van der Waals surface area contributed by atoms with Crippen molar-refractivity contribution >= 4 is 70.1 Å². The Morgan fingerprint density at radius 3 is 1.69 bits per heavy atom. The molecule has 10 aromatic rings. The highest BCUT2D eigenvalue weighted by molar-refractivity contribution is 7.25. The Morgan fingerprint density at radius 2 is 0.865 bits per heavy atom. The number of thiophene rings is 1. The van der Waals surface area contributed by atoms with Crippen LogP contribution in [0.3, 0.4) is 0 Å². The molecule has 0 fully saturated rings. The lowest BCUT2D eigenvalue weighted by Crippen LogP contribution is -2.11. The van der Waals surface area contributed by atoms with Crippen molar-refractivity contribution in [3.63, 3.8) is 0 Å². The summed E-state index contributed by atoms with van der Waals surface area (Å²) in [6, 6.07) is 73.0. The van der Waals surface area contributed by atoms with Crippen LogP contribution in [0.1, 0.15) is 0 Å². The second-order valence-electron chi connectivity index (χ2n) is 13.3. The second-order valence-corrected chi connectivity index (χ2v) is 14.4. The number of benzene rings is 9. The van der Waals surface area contributed by atoms with Gasteiger partial charge in [0.15, 0.2) is 0 Å². The number of hydrogen-bond acceptors (Lipinski definition) is 2. The van der Waals surface area contributed by atoms with E-state index in [2.05, 4.69) is 205 Å². The molecule has 0 bridgehead atoms. The van der Waals surface area contributed by atoms with Gasteiger partial charge in [0.1, 0.15) is 0 Å². The van der Waals surface area contributed by atoms with E-state index in [1.807, 2.05) is 11.3 Å². The molecule has 0 atom stereocenters. The minimum absolute atomic E-state index is 1.11. The van der Waals surface area contributed by atoms with Crippen LogP contribution in [-0.2, 0) is 0 Å². The van der Waals surface area contributed by atoms with Crippen LogP contribution in [0.4, 0.5) is 17.1 Å². The van der Waals surface area contributed by atoms with E-state index in [-0.39, 0.29) is 0 Å². The topological polar surface area (TPSA) is 3.24 Å². The first-order valence-corrected chi connectivity index (χ1v) is 18.6. The number of rotatable bonds is 6. The van der Waals surface area contributed by atoms with Crippen LogP contribution in [0.2, 0.25) is 0 Å². The highest BCUT2D eigenvalue weighted by Gasteiger charge is 2.20. The third-order valence-electron chi connectivity index (χ3n) is 10.3. The Bertz CT molecular complexity index is 2890. The average molecular weight is 680 g/mol. The summed E-state index contributed by atoms with van der Waals surface area (Å²) in [6.07, 6.45) is 0. The summed E-state index contributed by atoms with van der Waals surface area (Å²) in [5.74, 6) is 0. The minimum atomic E-state index is 1.11. The molecule has 1 nitrogen and oxygen atoms in total. The third kappa shape index (κ3) is 5.33. The smallest absolute Gasteiger partial charge is 0.0540 e. The molecule has 52 heavy (non-hydrogen) atoms. The molecule has 10 rings (SSSR count). The summed E-state index contributed by atoms with van der Waals surface area (Å²) in [5, 5.41) is 7.58. The standard InChI is InChI=1S/C50H33NS/c1-2-12-39-32-40(25-24-34(39)10-1)37-22-20-35(21-23-37)36-26-29-42(30-27-36)51(48-18-9-13-38-11-3-4-14-43(38)48)47-17-7-5-15-44(47)41-28-31-50-46(33-41)45-16-6-8-19-49(45)52-50/h1-33H. The largest absolute Gasteiger partial charge is 0.309 e. The van der Waals surface area contributed by atoms with Gasteiger partial charge in [0.2, 0.25) is 0 Å². The zero-order chi connectivity index (χ0) is 34.4. The van der Waals surface area contributed by atoms with Crippen LogP contribution < -0.4 is 4.90 Å². The van der Waals surface area contributed by atoms with Gasteiger partial charge in [0, 0.05) is 36.8 Å². The molecule has 9 aromatic carbocycles. The molecule has 0 saturated carbocycles. The number of fused-ring (bicyclic) bond motifs is 5. The Labute approximate surface area is 307 Å². The Kier molecular flexibility index (Phi) is 7.41. The molecule has 2 heteroatoms. The molecular weight excluding hydrogens is 647 g/mol. The first-order valence-electron chi connectivity index (χ1n) is 17.8. The van der Waals surface area contributed by atoms with Crippen LogP contribution in [0.25, 0.3) is 75.1 Å². The molecule has 1 aromatic heterocycles. The van der Waals surface area contributed by atoms with Crippen molar-refractivity contribution in [2.75, 3.05) is 4.90 Å². The molecule has 0 saturated heterocycles. The van der Waals surface area contributed by atoms with Gasteiger partial charge in [0.05, 0.1) is 11.4 Å². The lowest BCUT2D eigenvalue weighted by Gasteiger charge is -2.29. The summed E-state index contributed by atoms with van der Waals surface area (Å²) in [5.41, 5.74) is 10.7. The zero-order valence-corrected chi connectivity index (χ0v) is 29.2. The molecule has 244 valence electrons.